The molecule has 1 heterocycles. The third-order valence-corrected chi connectivity index (χ3v) is 5.33. The van der Waals surface area contributed by atoms with E-state index in [4.69, 9.17) is 21.1 Å². The first-order valence-corrected chi connectivity index (χ1v) is 9.83. The van der Waals surface area contributed by atoms with Crippen LogP contribution in [0.4, 0.5) is 5.69 Å². The summed E-state index contributed by atoms with van der Waals surface area (Å²) < 4.78 is 10.6. The minimum Gasteiger partial charge on any atom is -0.495 e. The SMILES string of the molecule is COc1cc(NC(=O)c2cccnc2SCc2ccccc2)c(OC)cc1Cl. The van der Waals surface area contributed by atoms with Crippen LogP contribution in [-0.2, 0) is 5.75 Å². The van der Waals surface area contributed by atoms with Crippen LogP contribution >= 0.6 is 23.4 Å². The third kappa shape index (κ3) is 4.77. The van der Waals surface area contributed by atoms with Crippen molar-refractivity contribution in [1.29, 1.82) is 0 Å². The zero-order valence-electron chi connectivity index (χ0n) is 15.4. The molecule has 28 heavy (non-hydrogen) atoms. The van der Waals surface area contributed by atoms with Crippen LogP contribution in [0.15, 0.2) is 65.8 Å². The predicted octanol–water partition coefficient (Wildman–Crippen LogP) is 5.30. The number of carbonyl (C=O) groups is 1. The number of carbonyl (C=O) groups excluding carboxylic acids is 1. The number of aromatic nitrogens is 1. The van der Waals surface area contributed by atoms with Gasteiger partial charge in [-0.05, 0) is 17.7 Å². The molecule has 0 fully saturated rings. The van der Waals surface area contributed by atoms with Crippen molar-refractivity contribution in [2.24, 2.45) is 0 Å². The van der Waals surface area contributed by atoms with E-state index in [1.54, 1.807) is 30.5 Å². The fourth-order valence-corrected chi connectivity index (χ4v) is 3.73. The second-order valence-electron chi connectivity index (χ2n) is 5.77. The molecule has 7 heteroatoms. The molecule has 0 aliphatic heterocycles. The van der Waals surface area contributed by atoms with Gasteiger partial charge < -0.3 is 14.8 Å². The first-order valence-electron chi connectivity index (χ1n) is 8.47. The first-order chi connectivity index (χ1) is 13.6. The van der Waals surface area contributed by atoms with Gasteiger partial charge in [0.05, 0.1) is 30.5 Å². The van der Waals surface area contributed by atoms with E-state index in [0.717, 1.165) is 11.3 Å². The fourth-order valence-electron chi connectivity index (χ4n) is 2.55. The molecule has 1 N–H and O–H groups in total. The Morgan fingerprint density at radius 1 is 1.07 bits per heavy atom. The summed E-state index contributed by atoms with van der Waals surface area (Å²) in [6.45, 7) is 0. The lowest BCUT2D eigenvalue weighted by atomic mass is 10.2. The van der Waals surface area contributed by atoms with Crippen molar-refractivity contribution >= 4 is 35.0 Å². The average Bonchev–Trinajstić information content (AvgIpc) is 2.74. The van der Waals surface area contributed by atoms with Crippen molar-refractivity contribution in [2.45, 2.75) is 10.8 Å². The van der Waals surface area contributed by atoms with Crippen molar-refractivity contribution in [2.75, 3.05) is 19.5 Å². The number of hydrogen-bond donors (Lipinski definition) is 1. The number of methoxy groups -OCH3 is 2. The van der Waals surface area contributed by atoms with E-state index >= 15 is 0 Å². The molecule has 0 aliphatic rings. The predicted molar refractivity (Wildman–Crippen MR) is 113 cm³/mol. The maximum absolute atomic E-state index is 12.9. The molecule has 0 saturated heterocycles. The summed E-state index contributed by atoms with van der Waals surface area (Å²) in [6.07, 6.45) is 1.68. The normalized spacial score (nSPS) is 10.4. The van der Waals surface area contributed by atoms with E-state index in [1.807, 2.05) is 30.3 Å². The van der Waals surface area contributed by atoms with E-state index in [2.05, 4.69) is 10.3 Å². The Hall–Kier alpha value is -2.70. The molecular formula is C21H19ClN2O3S. The van der Waals surface area contributed by atoms with Crippen LogP contribution < -0.4 is 14.8 Å². The molecule has 0 saturated carbocycles. The number of nitrogens with one attached hydrogen (secondary N) is 1. The summed E-state index contributed by atoms with van der Waals surface area (Å²) in [5.41, 5.74) is 2.12. The largest absolute Gasteiger partial charge is 0.495 e. The monoisotopic (exact) mass is 414 g/mol. The second-order valence-corrected chi connectivity index (χ2v) is 7.14. The van der Waals surface area contributed by atoms with Gasteiger partial charge in [0.25, 0.3) is 5.91 Å². The van der Waals surface area contributed by atoms with E-state index in [0.29, 0.717) is 32.8 Å². The Labute approximate surface area is 173 Å². The van der Waals surface area contributed by atoms with Crippen molar-refractivity contribution in [3.63, 3.8) is 0 Å². The Balaban J connectivity index is 1.82. The first kappa shape index (κ1) is 20.0. The van der Waals surface area contributed by atoms with Gasteiger partial charge in [-0.2, -0.15) is 0 Å². The molecule has 0 spiro atoms. The van der Waals surface area contributed by atoms with Crippen LogP contribution in [0.2, 0.25) is 5.02 Å². The smallest absolute Gasteiger partial charge is 0.258 e. The molecule has 1 amide bonds. The van der Waals surface area contributed by atoms with Crippen LogP contribution in [0.1, 0.15) is 15.9 Å². The molecule has 5 nitrogen and oxygen atoms in total. The Morgan fingerprint density at radius 3 is 2.54 bits per heavy atom. The number of rotatable bonds is 7. The van der Waals surface area contributed by atoms with Crippen LogP contribution in [0.5, 0.6) is 11.5 Å². The molecule has 0 unspecified atom stereocenters. The van der Waals surface area contributed by atoms with Crippen LogP contribution in [0, 0.1) is 0 Å². The van der Waals surface area contributed by atoms with E-state index in [1.165, 1.54) is 26.0 Å². The number of halogens is 1. The molecule has 144 valence electrons. The number of pyridine rings is 1. The molecule has 3 aromatic rings. The van der Waals surface area contributed by atoms with Gasteiger partial charge in [-0.1, -0.05) is 41.9 Å². The van der Waals surface area contributed by atoms with Crippen molar-refractivity contribution in [3.05, 3.63) is 76.9 Å². The molecule has 0 radical (unpaired) electrons. The average molecular weight is 415 g/mol. The lowest BCUT2D eigenvalue weighted by Gasteiger charge is -2.14. The van der Waals surface area contributed by atoms with Crippen molar-refractivity contribution in [1.82, 2.24) is 4.98 Å². The van der Waals surface area contributed by atoms with Crippen LogP contribution in [-0.4, -0.2) is 25.1 Å². The van der Waals surface area contributed by atoms with Gasteiger partial charge in [0.1, 0.15) is 16.5 Å². The summed E-state index contributed by atoms with van der Waals surface area (Å²) in [7, 11) is 3.03. The van der Waals surface area contributed by atoms with Crippen molar-refractivity contribution < 1.29 is 14.3 Å². The summed E-state index contributed by atoms with van der Waals surface area (Å²) in [5.74, 6) is 1.33. The summed E-state index contributed by atoms with van der Waals surface area (Å²) in [5, 5.41) is 3.92. The quantitative estimate of drug-likeness (QED) is 0.532. The highest BCUT2D eigenvalue weighted by Gasteiger charge is 2.17. The maximum atomic E-state index is 12.9. The molecule has 0 aliphatic carbocycles. The maximum Gasteiger partial charge on any atom is 0.258 e. The van der Waals surface area contributed by atoms with Gasteiger partial charge in [0.15, 0.2) is 0 Å². The highest BCUT2D eigenvalue weighted by Crippen LogP contribution is 2.36. The number of ether oxygens (including phenoxy) is 2. The number of thioether (sulfide) groups is 1. The minimum absolute atomic E-state index is 0.286. The number of nitrogens with zero attached hydrogens (tertiary/aromatic N) is 1. The molecular weight excluding hydrogens is 396 g/mol. The number of hydrogen-bond acceptors (Lipinski definition) is 5. The number of anilines is 1. The zero-order chi connectivity index (χ0) is 19.9. The van der Waals surface area contributed by atoms with E-state index < -0.39 is 0 Å². The Morgan fingerprint density at radius 2 is 1.82 bits per heavy atom. The summed E-state index contributed by atoms with van der Waals surface area (Å²) in [6, 6.07) is 16.7. The van der Waals surface area contributed by atoms with Gasteiger partial charge in [0, 0.05) is 24.1 Å². The lowest BCUT2D eigenvalue weighted by molar-refractivity contribution is 0.102. The Bertz CT molecular complexity index is 967. The minimum atomic E-state index is -0.286. The highest BCUT2D eigenvalue weighted by atomic mass is 35.5. The standard InChI is InChI=1S/C21H19ClN2O3S/c1-26-18-12-17(19(27-2)11-16(18)22)24-20(25)15-9-6-10-23-21(15)28-13-14-7-4-3-5-8-14/h3-12H,13H2,1-2H3,(H,24,25). The van der Waals surface area contributed by atoms with Crippen LogP contribution in [0.25, 0.3) is 0 Å². The van der Waals surface area contributed by atoms with Crippen LogP contribution in [0.3, 0.4) is 0 Å². The van der Waals surface area contributed by atoms with Gasteiger partial charge >= 0.3 is 0 Å². The zero-order valence-corrected chi connectivity index (χ0v) is 17.0. The number of amides is 1. The molecule has 2 aromatic carbocycles. The van der Waals surface area contributed by atoms with E-state index in [-0.39, 0.29) is 5.91 Å². The molecule has 1 aromatic heterocycles. The molecule has 0 bridgehead atoms. The molecule has 3 rings (SSSR count). The Kier molecular flexibility index (Phi) is 6.79. The highest BCUT2D eigenvalue weighted by molar-refractivity contribution is 7.98. The van der Waals surface area contributed by atoms with Gasteiger partial charge in [-0.15, -0.1) is 11.8 Å². The lowest BCUT2D eigenvalue weighted by Crippen LogP contribution is -2.14. The molecule has 0 atom stereocenters. The van der Waals surface area contributed by atoms with Gasteiger partial charge in [0.2, 0.25) is 0 Å². The topological polar surface area (TPSA) is 60.5 Å². The van der Waals surface area contributed by atoms with Gasteiger partial charge in [-0.25, -0.2) is 4.98 Å². The third-order valence-electron chi connectivity index (χ3n) is 3.96. The van der Waals surface area contributed by atoms with Crippen molar-refractivity contribution in [3.8, 4) is 11.5 Å². The summed E-state index contributed by atoms with van der Waals surface area (Å²) in [4.78, 5) is 17.3. The fraction of sp³-hybridized carbons (Fsp3) is 0.143. The summed E-state index contributed by atoms with van der Waals surface area (Å²) >= 11 is 7.64. The van der Waals surface area contributed by atoms with Gasteiger partial charge in [-0.3, -0.25) is 4.79 Å². The second kappa shape index (κ2) is 9.48. The van der Waals surface area contributed by atoms with E-state index in [9.17, 15) is 4.79 Å². The number of benzene rings is 2.